The summed E-state index contributed by atoms with van der Waals surface area (Å²) in [5.74, 6) is -0.0499. The predicted molar refractivity (Wildman–Crippen MR) is 77.6 cm³/mol. The van der Waals surface area contributed by atoms with Gasteiger partial charge in [0.1, 0.15) is 5.75 Å². The number of Topliss-reactive ketones (excluding diaryl/α,β-unsaturated/α-hetero) is 1. The van der Waals surface area contributed by atoms with Crippen molar-refractivity contribution in [2.45, 2.75) is 47.0 Å². The highest BCUT2D eigenvalue weighted by Gasteiger charge is 2.17. The monoisotopic (exact) mass is 278 g/mol. The summed E-state index contributed by atoms with van der Waals surface area (Å²) in [6.07, 6.45) is 0.667. The summed E-state index contributed by atoms with van der Waals surface area (Å²) in [5, 5.41) is 8.62. The quantitative estimate of drug-likeness (QED) is 0.776. The van der Waals surface area contributed by atoms with Gasteiger partial charge in [-0.25, -0.2) is 0 Å². The number of carboxylic acids is 1. The molecule has 1 N–H and O–H groups in total. The molecule has 0 saturated heterocycles. The maximum atomic E-state index is 12.3. The molecule has 4 nitrogen and oxygen atoms in total. The number of carbonyl (C=O) groups excluding carboxylic acids is 1. The van der Waals surface area contributed by atoms with Crippen LogP contribution in [0.25, 0.3) is 0 Å². The lowest BCUT2D eigenvalue weighted by Crippen LogP contribution is -2.08. The van der Waals surface area contributed by atoms with E-state index in [-0.39, 0.29) is 18.6 Å². The highest BCUT2D eigenvalue weighted by molar-refractivity contribution is 5.99. The third kappa shape index (κ3) is 3.83. The minimum Gasteiger partial charge on any atom is -0.494 e. The molecule has 0 aromatic heterocycles. The van der Waals surface area contributed by atoms with Crippen LogP contribution in [0, 0.1) is 20.8 Å². The summed E-state index contributed by atoms with van der Waals surface area (Å²) in [6.45, 7) is 8.25. The van der Waals surface area contributed by atoms with Gasteiger partial charge in [-0.05, 0) is 56.9 Å². The van der Waals surface area contributed by atoms with Gasteiger partial charge in [0.05, 0.1) is 6.61 Å². The fourth-order valence-electron chi connectivity index (χ4n) is 2.30. The van der Waals surface area contributed by atoms with Crippen molar-refractivity contribution in [1.29, 1.82) is 0 Å². The maximum absolute atomic E-state index is 12.3. The molecule has 0 aliphatic rings. The van der Waals surface area contributed by atoms with Crippen molar-refractivity contribution in [3.63, 3.8) is 0 Å². The van der Waals surface area contributed by atoms with E-state index in [0.717, 1.165) is 22.4 Å². The number of ether oxygens (including phenoxy) is 1. The Balaban J connectivity index is 2.97. The fourth-order valence-corrected chi connectivity index (χ4v) is 2.30. The van der Waals surface area contributed by atoms with Gasteiger partial charge in [0.15, 0.2) is 5.78 Å². The van der Waals surface area contributed by atoms with E-state index in [0.29, 0.717) is 18.6 Å². The average Bonchev–Trinajstić information content (AvgIpc) is 2.35. The molecule has 1 rings (SSSR count). The Labute approximate surface area is 119 Å². The molecule has 1 aromatic carbocycles. The third-order valence-corrected chi connectivity index (χ3v) is 3.42. The van der Waals surface area contributed by atoms with E-state index in [9.17, 15) is 9.59 Å². The molecule has 110 valence electrons. The smallest absolute Gasteiger partial charge is 0.303 e. The lowest BCUT2D eigenvalue weighted by Gasteiger charge is -2.16. The second-order valence-electron chi connectivity index (χ2n) is 4.92. The van der Waals surface area contributed by atoms with Crippen LogP contribution in [0.2, 0.25) is 0 Å². The number of aliphatic carboxylic acids is 1. The topological polar surface area (TPSA) is 63.6 Å². The first-order valence-corrected chi connectivity index (χ1v) is 6.87. The zero-order valence-electron chi connectivity index (χ0n) is 12.6. The van der Waals surface area contributed by atoms with Crippen molar-refractivity contribution in [2.24, 2.45) is 0 Å². The van der Waals surface area contributed by atoms with Crippen LogP contribution in [0.15, 0.2) is 6.07 Å². The van der Waals surface area contributed by atoms with E-state index in [1.807, 2.05) is 33.8 Å². The predicted octanol–water partition coefficient (Wildman–Crippen LogP) is 3.45. The average molecular weight is 278 g/mol. The molecular formula is C16H22O4. The summed E-state index contributed by atoms with van der Waals surface area (Å²) >= 11 is 0. The van der Waals surface area contributed by atoms with E-state index in [2.05, 4.69) is 0 Å². The van der Waals surface area contributed by atoms with Crippen LogP contribution >= 0.6 is 0 Å². The fraction of sp³-hybridized carbons (Fsp3) is 0.500. The van der Waals surface area contributed by atoms with Crippen LogP contribution in [-0.4, -0.2) is 23.5 Å². The molecule has 1 aromatic rings. The summed E-state index contributed by atoms with van der Waals surface area (Å²) < 4.78 is 5.56. The molecular weight excluding hydrogens is 256 g/mol. The van der Waals surface area contributed by atoms with Crippen molar-refractivity contribution >= 4 is 11.8 Å². The number of rotatable bonds is 7. The first-order chi connectivity index (χ1) is 9.38. The van der Waals surface area contributed by atoms with E-state index < -0.39 is 5.97 Å². The molecule has 4 heteroatoms. The molecule has 0 aliphatic carbocycles. The molecule has 20 heavy (non-hydrogen) atoms. The Morgan fingerprint density at radius 1 is 1.15 bits per heavy atom. The molecule has 0 saturated carbocycles. The van der Waals surface area contributed by atoms with Crippen molar-refractivity contribution in [3.05, 3.63) is 28.3 Å². The van der Waals surface area contributed by atoms with E-state index in [1.54, 1.807) is 0 Å². The summed E-state index contributed by atoms with van der Waals surface area (Å²) in [6, 6.07) is 1.89. The molecule has 0 spiro atoms. The van der Waals surface area contributed by atoms with Crippen LogP contribution in [0.5, 0.6) is 5.75 Å². The Kier molecular flexibility index (Phi) is 5.74. The normalized spacial score (nSPS) is 10.4. The van der Waals surface area contributed by atoms with Gasteiger partial charge in [0.2, 0.25) is 0 Å². The zero-order valence-corrected chi connectivity index (χ0v) is 12.6. The molecule has 0 amide bonds. The molecule has 0 bridgehead atoms. The van der Waals surface area contributed by atoms with E-state index in [1.165, 1.54) is 0 Å². The summed E-state index contributed by atoms with van der Waals surface area (Å²) in [5.41, 5.74) is 3.49. The molecule has 0 unspecified atom stereocenters. The van der Waals surface area contributed by atoms with Gasteiger partial charge in [-0.15, -0.1) is 0 Å². The molecule has 0 atom stereocenters. The van der Waals surface area contributed by atoms with Gasteiger partial charge in [0.25, 0.3) is 0 Å². The van der Waals surface area contributed by atoms with Crippen molar-refractivity contribution in [3.8, 4) is 5.75 Å². The highest BCUT2D eigenvalue weighted by atomic mass is 16.5. The summed E-state index contributed by atoms with van der Waals surface area (Å²) in [4.78, 5) is 22.7. The second kappa shape index (κ2) is 7.08. The van der Waals surface area contributed by atoms with E-state index >= 15 is 0 Å². The van der Waals surface area contributed by atoms with Crippen molar-refractivity contribution in [2.75, 3.05) is 6.61 Å². The zero-order chi connectivity index (χ0) is 15.3. The number of benzene rings is 1. The van der Waals surface area contributed by atoms with Crippen LogP contribution in [0.3, 0.4) is 0 Å². The maximum Gasteiger partial charge on any atom is 0.303 e. The lowest BCUT2D eigenvalue weighted by atomic mass is 9.92. The first kappa shape index (κ1) is 16.2. The van der Waals surface area contributed by atoms with Crippen LogP contribution in [0.4, 0.5) is 0 Å². The lowest BCUT2D eigenvalue weighted by molar-refractivity contribution is -0.137. The number of hydrogen-bond acceptors (Lipinski definition) is 3. The van der Waals surface area contributed by atoms with Crippen LogP contribution in [-0.2, 0) is 4.79 Å². The minimum absolute atomic E-state index is 0.00685. The standard InChI is InChI=1S/C16H22O4/c1-5-20-14-9-10(2)16(12(4)11(14)3)13(17)7-6-8-15(18)19/h9H,5-8H2,1-4H3,(H,18,19). The summed E-state index contributed by atoms with van der Waals surface area (Å²) in [7, 11) is 0. The number of hydrogen-bond donors (Lipinski definition) is 1. The van der Waals surface area contributed by atoms with Gasteiger partial charge < -0.3 is 9.84 Å². The molecule has 0 fully saturated rings. The van der Waals surface area contributed by atoms with Crippen molar-refractivity contribution in [1.82, 2.24) is 0 Å². The number of ketones is 1. The van der Waals surface area contributed by atoms with Gasteiger partial charge in [-0.1, -0.05) is 0 Å². The molecule has 0 heterocycles. The highest BCUT2D eigenvalue weighted by Crippen LogP contribution is 2.28. The Bertz CT molecular complexity index is 518. The van der Waals surface area contributed by atoms with Crippen molar-refractivity contribution < 1.29 is 19.4 Å². The largest absolute Gasteiger partial charge is 0.494 e. The minimum atomic E-state index is -0.867. The van der Waals surface area contributed by atoms with Gasteiger partial charge in [0, 0.05) is 18.4 Å². The molecule has 0 aliphatic heterocycles. The third-order valence-electron chi connectivity index (χ3n) is 3.42. The second-order valence-corrected chi connectivity index (χ2v) is 4.92. The first-order valence-electron chi connectivity index (χ1n) is 6.87. The number of aryl methyl sites for hydroxylation is 1. The Morgan fingerprint density at radius 2 is 1.80 bits per heavy atom. The Hall–Kier alpha value is -1.84. The van der Waals surface area contributed by atoms with Crippen LogP contribution < -0.4 is 4.74 Å². The molecule has 0 radical (unpaired) electrons. The van der Waals surface area contributed by atoms with Gasteiger partial charge >= 0.3 is 5.97 Å². The SMILES string of the molecule is CCOc1cc(C)c(C(=O)CCCC(=O)O)c(C)c1C. The van der Waals surface area contributed by atoms with Crippen LogP contribution in [0.1, 0.15) is 53.2 Å². The Morgan fingerprint density at radius 3 is 2.35 bits per heavy atom. The van der Waals surface area contributed by atoms with E-state index in [4.69, 9.17) is 9.84 Å². The van der Waals surface area contributed by atoms with Gasteiger partial charge in [-0.3, -0.25) is 9.59 Å². The van der Waals surface area contributed by atoms with Gasteiger partial charge in [-0.2, -0.15) is 0 Å². The number of carbonyl (C=O) groups is 2. The number of carboxylic acid groups (broad SMARTS) is 1.